The topological polar surface area (TPSA) is 90.1 Å². The molecule has 1 aliphatic heterocycles. The molecule has 4 rings (SSSR count). The molecule has 2 atom stereocenters. The predicted molar refractivity (Wildman–Crippen MR) is 120 cm³/mol. The molecule has 3 heterocycles. The number of carbonyl (C=O) groups excluding carboxylic acids is 1. The van der Waals surface area contributed by atoms with Crippen LogP contribution in [-0.4, -0.2) is 35.8 Å². The van der Waals surface area contributed by atoms with E-state index < -0.39 is 17.2 Å². The van der Waals surface area contributed by atoms with Crippen molar-refractivity contribution in [2.75, 3.05) is 14.2 Å². The lowest BCUT2D eigenvalue weighted by Crippen LogP contribution is -2.52. The van der Waals surface area contributed by atoms with Gasteiger partial charge in [-0.3, -0.25) is 10.2 Å². The Balaban J connectivity index is 1.80. The number of hydrogen-bond donors (Lipinski definition) is 1. The Morgan fingerprint density at radius 1 is 1.31 bits per heavy atom. The third kappa shape index (κ3) is 3.65. The molecule has 1 aromatic carbocycles. The number of rotatable bonds is 4. The Labute approximate surface area is 189 Å². The molecule has 0 spiro atoms. The summed E-state index contributed by atoms with van der Waals surface area (Å²) >= 11 is 1.46. The van der Waals surface area contributed by atoms with Gasteiger partial charge in [0.1, 0.15) is 11.7 Å². The van der Waals surface area contributed by atoms with Gasteiger partial charge in [-0.2, -0.15) is 5.26 Å². The number of benzene rings is 1. The number of likely N-dealkylation sites (tertiary alicyclic amines) is 1. The minimum absolute atomic E-state index is 0.178. The number of pyridine rings is 1. The maximum Gasteiger partial charge on any atom is 0.236 e. The maximum atomic E-state index is 14.0. The third-order valence-electron chi connectivity index (χ3n) is 5.98. The Bertz CT molecular complexity index is 1250. The number of nitrogens with zero attached hydrogens (tertiary/aromatic N) is 3. The monoisotopic (exact) mass is 448 g/mol. The Morgan fingerprint density at radius 3 is 2.75 bits per heavy atom. The summed E-state index contributed by atoms with van der Waals surface area (Å²) in [5.74, 6) is -0.506. The average molecular weight is 449 g/mol. The Hall–Kier alpha value is -3.57. The Kier molecular flexibility index (Phi) is 5.53. The SMILES string of the molecule is COc1ccc(C2C(=O)N(C)C(=N)C[C@]2(C)c2cc(-c3cc(F)cc(C#N)c3)cs2)cn1. The van der Waals surface area contributed by atoms with Crippen LogP contribution < -0.4 is 4.74 Å². The zero-order valence-electron chi connectivity index (χ0n) is 17.8. The molecular weight excluding hydrogens is 427 g/mol. The van der Waals surface area contributed by atoms with Crippen molar-refractivity contribution in [1.82, 2.24) is 9.88 Å². The van der Waals surface area contributed by atoms with Crippen LogP contribution in [0.15, 0.2) is 48.0 Å². The van der Waals surface area contributed by atoms with Crippen LogP contribution in [0.2, 0.25) is 0 Å². The van der Waals surface area contributed by atoms with Crippen LogP contribution in [0.1, 0.15) is 35.3 Å². The van der Waals surface area contributed by atoms with Crippen LogP contribution in [0.4, 0.5) is 4.39 Å². The van der Waals surface area contributed by atoms with E-state index in [2.05, 4.69) is 4.98 Å². The number of ether oxygens (including phenoxy) is 1. The molecule has 1 amide bonds. The highest BCUT2D eigenvalue weighted by atomic mass is 32.1. The highest BCUT2D eigenvalue weighted by Crippen LogP contribution is 2.49. The second kappa shape index (κ2) is 8.17. The van der Waals surface area contributed by atoms with Crippen LogP contribution in [0, 0.1) is 22.6 Å². The quantitative estimate of drug-likeness (QED) is 0.626. The van der Waals surface area contributed by atoms with E-state index in [1.165, 1.54) is 35.5 Å². The zero-order valence-corrected chi connectivity index (χ0v) is 18.7. The van der Waals surface area contributed by atoms with E-state index >= 15 is 0 Å². The number of thiophene rings is 1. The first-order valence-corrected chi connectivity index (χ1v) is 10.8. The minimum Gasteiger partial charge on any atom is -0.481 e. The fourth-order valence-corrected chi connectivity index (χ4v) is 5.31. The normalized spacial score (nSPS) is 20.8. The van der Waals surface area contributed by atoms with Gasteiger partial charge in [0.05, 0.1) is 24.7 Å². The number of piperidine rings is 1. The first-order valence-electron chi connectivity index (χ1n) is 9.92. The van der Waals surface area contributed by atoms with Crippen LogP contribution in [-0.2, 0) is 10.2 Å². The molecule has 1 fully saturated rings. The van der Waals surface area contributed by atoms with Crippen molar-refractivity contribution >= 4 is 23.1 Å². The van der Waals surface area contributed by atoms with E-state index in [0.29, 0.717) is 17.9 Å². The van der Waals surface area contributed by atoms with Crippen molar-refractivity contribution < 1.29 is 13.9 Å². The molecule has 3 aromatic rings. The number of carbonyl (C=O) groups is 1. The van der Waals surface area contributed by atoms with E-state index in [1.54, 1.807) is 25.4 Å². The van der Waals surface area contributed by atoms with Crippen LogP contribution >= 0.6 is 11.3 Å². The van der Waals surface area contributed by atoms with Gasteiger partial charge in [-0.25, -0.2) is 9.37 Å². The van der Waals surface area contributed by atoms with E-state index in [9.17, 15) is 14.4 Å². The van der Waals surface area contributed by atoms with Gasteiger partial charge in [0.2, 0.25) is 11.8 Å². The number of methoxy groups -OCH3 is 1. The van der Waals surface area contributed by atoms with Gasteiger partial charge >= 0.3 is 0 Å². The predicted octanol–water partition coefficient (Wildman–Crippen LogP) is 4.71. The number of nitriles is 1. The fourth-order valence-electron chi connectivity index (χ4n) is 4.20. The van der Waals surface area contributed by atoms with E-state index in [-0.39, 0.29) is 17.3 Å². The lowest BCUT2D eigenvalue weighted by atomic mass is 9.67. The molecule has 1 N–H and O–H groups in total. The van der Waals surface area contributed by atoms with Crippen molar-refractivity contribution in [3.05, 3.63) is 69.8 Å². The van der Waals surface area contributed by atoms with Crippen molar-refractivity contribution in [2.24, 2.45) is 0 Å². The molecule has 0 radical (unpaired) electrons. The Morgan fingerprint density at radius 2 is 2.09 bits per heavy atom. The maximum absolute atomic E-state index is 14.0. The summed E-state index contributed by atoms with van der Waals surface area (Å²) in [5.41, 5.74) is 1.67. The molecule has 0 saturated carbocycles. The number of likely N-dealkylation sites (N-methyl/N-ethyl adjacent to an activating group) is 1. The summed E-state index contributed by atoms with van der Waals surface area (Å²) in [6, 6.07) is 11.7. The number of aromatic nitrogens is 1. The van der Waals surface area contributed by atoms with Gasteiger partial charge in [-0.15, -0.1) is 11.3 Å². The molecule has 32 heavy (non-hydrogen) atoms. The van der Waals surface area contributed by atoms with Gasteiger partial charge < -0.3 is 9.64 Å². The molecular formula is C24H21FN4O2S. The summed E-state index contributed by atoms with van der Waals surface area (Å²) in [7, 11) is 3.15. The molecule has 6 nitrogen and oxygen atoms in total. The van der Waals surface area contributed by atoms with Crippen molar-refractivity contribution in [2.45, 2.75) is 24.7 Å². The summed E-state index contributed by atoms with van der Waals surface area (Å²) in [4.78, 5) is 19.9. The van der Waals surface area contributed by atoms with Gasteiger partial charge in [0.25, 0.3) is 0 Å². The summed E-state index contributed by atoms with van der Waals surface area (Å²) in [5, 5.41) is 19.5. The van der Waals surface area contributed by atoms with Crippen LogP contribution in [0.25, 0.3) is 11.1 Å². The first kappa shape index (κ1) is 21.7. The lowest BCUT2D eigenvalue weighted by Gasteiger charge is -2.43. The van der Waals surface area contributed by atoms with Gasteiger partial charge in [0.15, 0.2) is 0 Å². The highest BCUT2D eigenvalue weighted by molar-refractivity contribution is 7.10. The second-order valence-electron chi connectivity index (χ2n) is 8.05. The lowest BCUT2D eigenvalue weighted by molar-refractivity contribution is -0.131. The number of nitrogens with one attached hydrogen (secondary N) is 1. The molecule has 0 aliphatic carbocycles. The first-order chi connectivity index (χ1) is 15.3. The molecule has 8 heteroatoms. The standard InChI is InChI=1S/C24H21FN4O2S/c1-24(19-9-17(13-32-19)16-6-14(11-26)7-18(25)8-16)10-20(27)29(2)23(30)22(24)15-4-5-21(31-3)28-12-15/h4-9,12-13,22,27H,10H2,1-3H3/t22?,24-/m1/s1. The van der Waals surface area contributed by atoms with Gasteiger partial charge in [-0.1, -0.05) is 13.0 Å². The molecule has 1 unspecified atom stereocenters. The minimum atomic E-state index is -0.689. The number of amidine groups is 1. The average Bonchev–Trinajstić information content (AvgIpc) is 3.29. The molecule has 2 aromatic heterocycles. The van der Waals surface area contributed by atoms with Gasteiger partial charge in [-0.05, 0) is 46.3 Å². The smallest absolute Gasteiger partial charge is 0.236 e. The fraction of sp³-hybridized carbons (Fsp3) is 0.250. The molecule has 162 valence electrons. The van der Waals surface area contributed by atoms with Crippen molar-refractivity contribution in [1.29, 1.82) is 10.7 Å². The highest BCUT2D eigenvalue weighted by Gasteiger charge is 2.49. The van der Waals surface area contributed by atoms with E-state index in [1.807, 2.05) is 30.5 Å². The van der Waals surface area contributed by atoms with Gasteiger partial charge in [0, 0.05) is 36.0 Å². The molecule has 1 saturated heterocycles. The largest absolute Gasteiger partial charge is 0.481 e. The number of amides is 1. The summed E-state index contributed by atoms with van der Waals surface area (Å²) in [6.07, 6.45) is 2.00. The van der Waals surface area contributed by atoms with E-state index in [0.717, 1.165) is 16.0 Å². The molecule has 1 aliphatic rings. The number of halogens is 1. The van der Waals surface area contributed by atoms with Crippen LogP contribution in [0.3, 0.4) is 0 Å². The third-order valence-corrected chi connectivity index (χ3v) is 7.19. The summed E-state index contributed by atoms with van der Waals surface area (Å²) in [6.45, 7) is 1.98. The zero-order chi connectivity index (χ0) is 23.0. The van der Waals surface area contributed by atoms with E-state index in [4.69, 9.17) is 10.1 Å². The number of hydrogen-bond acceptors (Lipinski definition) is 6. The second-order valence-corrected chi connectivity index (χ2v) is 8.96. The van der Waals surface area contributed by atoms with Crippen LogP contribution in [0.5, 0.6) is 5.88 Å². The molecule has 0 bridgehead atoms. The summed E-state index contributed by atoms with van der Waals surface area (Å²) < 4.78 is 19.1. The van der Waals surface area contributed by atoms with Crippen molar-refractivity contribution in [3.8, 4) is 23.1 Å². The van der Waals surface area contributed by atoms with Crippen molar-refractivity contribution in [3.63, 3.8) is 0 Å².